The second kappa shape index (κ2) is 4.34. The van der Waals surface area contributed by atoms with E-state index in [1.807, 2.05) is 0 Å². The molecule has 5 N–H and O–H groups in total. The van der Waals surface area contributed by atoms with Gasteiger partial charge in [0.2, 0.25) is 0 Å². The van der Waals surface area contributed by atoms with Crippen LogP contribution in [0, 0.1) is 5.92 Å². The first-order valence-electron chi connectivity index (χ1n) is 4.42. The van der Waals surface area contributed by atoms with Crippen molar-refractivity contribution in [2.45, 2.75) is 31.3 Å². The fraction of sp³-hybridized carbons (Fsp3) is 1.00. The lowest BCUT2D eigenvalue weighted by atomic mass is 9.90. The maximum absolute atomic E-state index is 9.63. The Bertz CT molecular complexity index is 166. The van der Waals surface area contributed by atoms with Crippen LogP contribution in [0.25, 0.3) is 0 Å². The lowest BCUT2D eigenvalue weighted by molar-refractivity contribution is -0.00437. The lowest BCUT2D eigenvalue weighted by Crippen LogP contribution is -2.45. The van der Waals surface area contributed by atoms with E-state index in [1.54, 1.807) is 6.92 Å². The summed E-state index contributed by atoms with van der Waals surface area (Å²) in [7, 11) is 0. The smallest absolute Gasteiger partial charge is 0.0880 e. The first kappa shape index (κ1) is 10.9. The fourth-order valence-corrected chi connectivity index (χ4v) is 1.80. The standard InChI is InChI=1S/C8H17NO4/c1-4-8(12)7(5(9)2-10)6(3-11)13-4/h4-8,10-12H,2-3,9H2,1H3/t4-,5?,6+,7?,8+/m0/s1. The Morgan fingerprint density at radius 2 is 2.08 bits per heavy atom. The molecule has 0 saturated carbocycles. The highest BCUT2D eigenvalue weighted by Gasteiger charge is 2.43. The maximum atomic E-state index is 9.63. The average molecular weight is 191 g/mol. The van der Waals surface area contributed by atoms with E-state index in [0.717, 1.165) is 0 Å². The van der Waals surface area contributed by atoms with E-state index in [2.05, 4.69) is 0 Å². The van der Waals surface area contributed by atoms with Crippen LogP contribution in [0.15, 0.2) is 0 Å². The Balaban J connectivity index is 2.67. The molecule has 2 unspecified atom stereocenters. The van der Waals surface area contributed by atoms with Gasteiger partial charge in [-0.3, -0.25) is 0 Å². The summed E-state index contributed by atoms with van der Waals surface area (Å²) in [6.45, 7) is 1.32. The van der Waals surface area contributed by atoms with Gasteiger partial charge in [-0.15, -0.1) is 0 Å². The van der Waals surface area contributed by atoms with Gasteiger partial charge in [0.25, 0.3) is 0 Å². The molecule has 1 aliphatic heterocycles. The number of hydrogen-bond acceptors (Lipinski definition) is 5. The van der Waals surface area contributed by atoms with Crippen molar-refractivity contribution in [2.24, 2.45) is 11.7 Å². The Hall–Kier alpha value is -0.200. The summed E-state index contributed by atoms with van der Waals surface area (Å²) in [6, 6.07) is -0.544. The van der Waals surface area contributed by atoms with Gasteiger partial charge in [0.05, 0.1) is 31.5 Å². The molecule has 0 bridgehead atoms. The third-order valence-corrected chi connectivity index (χ3v) is 2.58. The number of aliphatic hydroxyl groups is 3. The molecule has 5 nitrogen and oxygen atoms in total. The summed E-state index contributed by atoms with van der Waals surface area (Å²) in [6.07, 6.45) is -1.51. The zero-order chi connectivity index (χ0) is 10.0. The summed E-state index contributed by atoms with van der Waals surface area (Å²) in [5, 5.41) is 27.4. The Labute approximate surface area is 77.1 Å². The Morgan fingerprint density at radius 1 is 1.46 bits per heavy atom. The topological polar surface area (TPSA) is 95.9 Å². The van der Waals surface area contributed by atoms with Crippen LogP contribution in [0.1, 0.15) is 6.92 Å². The van der Waals surface area contributed by atoms with Crippen molar-refractivity contribution in [3.8, 4) is 0 Å². The molecule has 1 fully saturated rings. The summed E-state index contributed by atoms with van der Waals surface area (Å²) in [5.74, 6) is -0.384. The molecule has 0 aliphatic carbocycles. The van der Waals surface area contributed by atoms with Gasteiger partial charge in [-0.1, -0.05) is 0 Å². The van der Waals surface area contributed by atoms with Crippen molar-refractivity contribution in [3.63, 3.8) is 0 Å². The lowest BCUT2D eigenvalue weighted by Gasteiger charge is -2.23. The third-order valence-electron chi connectivity index (χ3n) is 2.58. The van der Waals surface area contributed by atoms with Crippen molar-refractivity contribution in [1.82, 2.24) is 0 Å². The number of ether oxygens (including phenoxy) is 1. The van der Waals surface area contributed by atoms with E-state index >= 15 is 0 Å². The molecular formula is C8H17NO4. The van der Waals surface area contributed by atoms with Crippen molar-refractivity contribution in [1.29, 1.82) is 0 Å². The van der Waals surface area contributed by atoms with Crippen LogP contribution >= 0.6 is 0 Å². The highest BCUT2D eigenvalue weighted by molar-refractivity contribution is 4.93. The predicted octanol–water partition coefficient (Wildman–Crippen LogP) is -1.94. The van der Waals surface area contributed by atoms with Crippen molar-refractivity contribution in [3.05, 3.63) is 0 Å². The molecule has 1 aliphatic rings. The second-order valence-corrected chi connectivity index (χ2v) is 3.48. The molecule has 13 heavy (non-hydrogen) atoms. The molecule has 78 valence electrons. The minimum absolute atomic E-state index is 0.181. The molecule has 0 amide bonds. The van der Waals surface area contributed by atoms with E-state index in [0.29, 0.717) is 0 Å². The normalized spacial score (nSPS) is 42.2. The van der Waals surface area contributed by atoms with E-state index in [-0.39, 0.29) is 25.2 Å². The first-order chi connectivity index (χ1) is 6.11. The van der Waals surface area contributed by atoms with Crippen LogP contribution in [0.5, 0.6) is 0 Å². The van der Waals surface area contributed by atoms with Crippen LogP contribution < -0.4 is 5.73 Å². The SMILES string of the molecule is C[C@@H]1O[C@H](CO)C(C(N)CO)[C@@H]1O. The predicted molar refractivity (Wildman–Crippen MR) is 46.0 cm³/mol. The number of nitrogens with two attached hydrogens (primary N) is 1. The van der Waals surface area contributed by atoms with Crippen LogP contribution in [0.3, 0.4) is 0 Å². The third kappa shape index (κ3) is 2.00. The summed E-state index contributed by atoms with van der Waals surface area (Å²) in [5.41, 5.74) is 5.60. The van der Waals surface area contributed by atoms with Crippen molar-refractivity contribution >= 4 is 0 Å². The van der Waals surface area contributed by atoms with Gasteiger partial charge in [-0.2, -0.15) is 0 Å². The molecule has 0 spiro atoms. The van der Waals surface area contributed by atoms with E-state index in [9.17, 15) is 5.11 Å². The highest BCUT2D eigenvalue weighted by atomic mass is 16.5. The van der Waals surface area contributed by atoms with E-state index < -0.39 is 18.2 Å². The molecule has 1 saturated heterocycles. The molecular weight excluding hydrogens is 174 g/mol. The van der Waals surface area contributed by atoms with Crippen LogP contribution in [-0.2, 0) is 4.74 Å². The second-order valence-electron chi connectivity index (χ2n) is 3.48. The zero-order valence-corrected chi connectivity index (χ0v) is 7.63. The Kier molecular flexibility index (Phi) is 3.63. The molecule has 1 rings (SSSR count). The fourth-order valence-electron chi connectivity index (χ4n) is 1.80. The number of rotatable bonds is 3. The maximum Gasteiger partial charge on any atom is 0.0880 e. The van der Waals surface area contributed by atoms with E-state index in [1.165, 1.54) is 0 Å². The van der Waals surface area contributed by atoms with Gasteiger partial charge in [0, 0.05) is 12.0 Å². The number of hydrogen-bond donors (Lipinski definition) is 4. The minimum atomic E-state index is -0.709. The first-order valence-corrected chi connectivity index (χ1v) is 4.42. The van der Waals surface area contributed by atoms with Crippen molar-refractivity contribution in [2.75, 3.05) is 13.2 Å². The monoisotopic (exact) mass is 191 g/mol. The van der Waals surface area contributed by atoms with Gasteiger partial charge < -0.3 is 25.8 Å². The molecule has 5 heteroatoms. The van der Waals surface area contributed by atoms with E-state index in [4.69, 9.17) is 20.7 Å². The summed E-state index contributed by atoms with van der Waals surface area (Å²) in [4.78, 5) is 0. The highest BCUT2D eigenvalue weighted by Crippen LogP contribution is 2.28. The quantitative estimate of drug-likeness (QED) is 0.416. The Morgan fingerprint density at radius 3 is 2.54 bits per heavy atom. The van der Waals surface area contributed by atoms with Gasteiger partial charge in [0.15, 0.2) is 0 Å². The van der Waals surface area contributed by atoms with Crippen molar-refractivity contribution < 1.29 is 20.1 Å². The number of aliphatic hydroxyl groups excluding tert-OH is 3. The molecule has 0 aromatic heterocycles. The largest absolute Gasteiger partial charge is 0.395 e. The van der Waals surface area contributed by atoms with Crippen LogP contribution in [-0.4, -0.2) is 52.9 Å². The van der Waals surface area contributed by atoms with Crippen LogP contribution in [0.2, 0.25) is 0 Å². The average Bonchev–Trinajstić information content (AvgIpc) is 2.42. The molecule has 0 aromatic carbocycles. The summed E-state index contributed by atoms with van der Waals surface area (Å²) < 4.78 is 5.27. The minimum Gasteiger partial charge on any atom is -0.395 e. The molecule has 5 atom stereocenters. The van der Waals surface area contributed by atoms with Gasteiger partial charge >= 0.3 is 0 Å². The molecule has 1 heterocycles. The molecule has 0 aromatic rings. The van der Waals surface area contributed by atoms with Gasteiger partial charge in [0.1, 0.15) is 0 Å². The summed E-state index contributed by atoms with van der Waals surface area (Å²) >= 11 is 0. The van der Waals surface area contributed by atoms with Gasteiger partial charge in [-0.05, 0) is 6.92 Å². The molecule has 0 radical (unpaired) electrons. The van der Waals surface area contributed by atoms with Crippen LogP contribution in [0.4, 0.5) is 0 Å². The zero-order valence-electron chi connectivity index (χ0n) is 7.63. The van der Waals surface area contributed by atoms with Gasteiger partial charge in [-0.25, -0.2) is 0 Å².